The number of rotatable bonds is 9. The van der Waals surface area contributed by atoms with Crippen molar-refractivity contribution in [1.82, 2.24) is 5.32 Å². The fraction of sp³-hybridized carbons (Fsp3) is 0.333. The molecule has 6 heteroatoms. The van der Waals surface area contributed by atoms with Crippen molar-refractivity contribution in [2.75, 3.05) is 20.3 Å². The second-order valence-electron chi connectivity index (χ2n) is 6.00. The lowest BCUT2D eigenvalue weighted by atomic mass is 10.0. The zero-order chi connectivity index (χ0) is 19.6. The second kappa shape index (κ2) is 10.2. The van der Waals surface area contributed by atoms with Gasteiger partial charge in [0.15, 0.2) is 18.1 Å². The van der Waals surface area contributed by atoms with Gasteiger partial charge in [-0.1, -0.05) is 29.4 Å². The van der Waals surface area contributed by atoms with E-state index >= 15 is 0 Å². The van der Waals surface area contributed by atoms with Crippen LogP contribution >= 0.6 is 0 Å². The van der Waals surface area contributed by atoms with E-state index in [0.717, 1.165) is 16.7 Å². The number of nitrogens with one attached hydrogen (secondary N) is 1. The third-order valence-electron chi connectivity index (χ3n) is 3.99. The molecule has 0 radical (unpaired) electrons. The van der Waals surface area contributed by atoms with Crippen LogP contribution in [0.5, 0.6) is 11.5 Å². The van der Waals surface area contributed by atoms with E-state index in [4.69, 9.17) is 14.3 Å². The third kappa shape index (κ3) is 6.02. The molecule has 0 heterocycles. The molecule has 1 atom stereocenters. The predicted molar refractivity (Wildman–Crippen MR) is 105 cm³/mol. The number of amides is 1. The van der Waals surface area contributed by atoms with Gasteiger partial charge in [0.05, 0.1) is 26.0 Å². The van der Waals surface area contributed by atoms with Gasteiger partial charge < -0.3 is 19.6 Å². The molecule has 6 nitrogen and oxygen atoms in total. The maximum absolute atomic E-state index is 12.0. The number of aryl methyl sites for hydroxylation is 1. The van der Waals surface area contributed by atoms with E-state index in [9.17, 15) is 4.79 Å². The van der Waals surface area contributed by atoms with Crippen molar-refractivity contribution in [3.05, 3.63) is 59.2 Å². The van der Waals surface area contributed by atoms with Crippen LogP contribution in [0.2, 0.25) is 0 Å². The van der Waals surface area contributed by atoms with Gasteiger partial charge in [-0.15, -0.1) is 0 Å². The molecule has 0 spiro atoms. The highest BCUT2D eigenvalue weighted by atomic mass is 16.6. The van der Waals surface area contributed by atoms with Crippen molar-refractivity contribution in [3.8, 4) is 11.5 Å². The van der Waals surface area contributed by atoms with E-state index in [1.165, 1.54) is 6.21 Å². The molecule has 0 saturated carbocycles. The Kier molecular flexibility index (Phi) is 7.67. The average molecular weight is 370 g/mol. The van der Waals surface area contributed by atoms with Crippen LogP contribution < -0.4 is 14.8 Å². The highest BCUT2D eigenvalue weighted by Crippen LogP contribution is 2.27. The molecule has 2 rings (SSSR count). The van der Waals surface area contributed by atoms with E-state index in [1.807, 2.05) is 51.1 Å². The maximum Gasteiger partial charge on any atom is 0.261 e. The SMILES string of the molecule is CCOc1ccc(/C=N/OCC(=O)NC(C)c2ccccc2C)cc1OC. The van der Waals surface area contributed by atoms with Gasteiger partial charge >= 0.3 is 0 Å². The van der Waals surface area contributed by atoms with Crippen molar-refractivity contribution in [2.45, 2.75) is 26.8 Å². The minimum Gasteiger partial charge on any atom is -0.493 e. The van der Waals surface area contributed by atoms with E-state index in [2.05, 4.69) is 10.5 Å². The van der Waals surface area contributed by atoms with Crippen LogP contribution in [0.1, 0.15) is 36.6 Å². The van der Waals surface area contributed by atoms with Gasteiger partial charge in [-0.2, -0.15) is 0 Å². The second-order valence-corrected chi connectivity index (χ2v) is 6.00. The summed E-state index contributed by atoms with van der Waals surface area (Å²) < 4.78 is 10.8. The summed E-state index contributed by atoms with van der Waals surface area (Å²) in [6.45, 7) is 6.27. The first kappa shape index (κ1) is 20.3. The normalized spacial score (nSPS) is 11.9. The van der Waals surface area contributed by atoms with E-state index in [-0.39, 0.29) is 18.6 Å². The number of carbonyl (C=O) groups is 1. The van der Waals surface area contributed by atoms with Crippen molar-refractivity contribution in [2.24, 2.45) is 5.16 Å². The summed E-state index contributed by atoms with van der Waals surface area (Å²) in [7, 11) is 1.58. The zero-order valence-corrected chi connectivity index (χ0v) is 16.2. The Bertz CT molecular complexity index is 790. The third-order valence-corrected chi connectivity index (χ3v) is 3.99. The molecule has 0 aliphatic rings. The molecule has 1 N–H and O–H groups in total. The first-order valence-electron chi connectivity index (χ1n) is 8.86. The summed E-state index contributed by atoms with van der Waals surface area (Å²) in [4.78, 5) is 17.1. The van der Waals surface area contributed by atoms with Crippen LogP contribution in [-0.4, -0.2) is 32.4 Å². The molecular weight excluding hydrogens is 344 g/mol. The minimum absolute atomic E-state index is 0.0957. The van der Waals surface area contributed by atoms with E-state index in [1.54, 1.807) is 19.2 Å². The Balaban J connectivity index is 1.85. The van der Waals surface area contributed by atoms with Gasteiger partial charge in [-0.25, -0.2) is 0 Å². The number of benzene rings is 2. The van der Waals surface area contributed by atoms with Crippen molar-refractivity contribution in [1.29, 1.82) is 0 Å². The molecule has 0 aliphatic heterocycles. The lowest BCUT2D eigenvalue weighted by molar-refractivity contribution is -0.126. The number of methoxy groups -OCH3 is 1. The Morgan fingerprint density at radius 3 is 2.70 bits per heavy atom. The number of hydrogen-bond acceptors (Lipinski definition) is 5. The Labute approximate surface area is 160 Å². The Morgan fingerprint density at radius 2 is 2.00 bits per heavy atom. The average Bonchev–Trinajstić information content (AvgIpc) is 2.66. The summed E-state index contributed by atoms with van der Waals surface area (Å²) in [6, 6.07) is 13.3. The largest absolute Gasteiger partial charge is 0.493 e. The number of ether oxygens (including phenoxy) is 2. The topological polar surface area (TPSA) is 69.2 Å². The molecule has 0 saturated heterocycles. The van der Waals surface area contributed by atoms with Gasteiger partial charge in [-0.3, -0.25) is 4.79 Å². The maximum atomic E-state index is 12.0. The monoisotopic (exact) mass is 370 g/mol. The highest BCUT2D eigenvalue weighted by molar-refractivity contribution is 5.81. The summed E-state index contributed by atoms with van der Waals surface area (Å²) in [5.74, 6) is 1.06. The first-order valence-corrected chi connectivity index (χ1v) is 8.86. The molecular formula is C21H26N2O4. The van der Waals surface area contributed by atoms with Crippen LogP contribution in [0.3, 0.4) is 0 Å². The van der Waals surface area contributed by atoms with Gasteiger partial charge in [-0.05, 0) is 50.1 Å². The predicted octanol–water partition coefficient (Wildman–Crippen LogP) is 3.63. The van der Waals surface area contributed by atoms with Gasteiger partial charge in [0.1, 0.15) is 0 Å². The lowest BCUT2D eigenvalue weighted by Crippen LogP contribution is -2.30. The zero-order valence-electron chi connectivity index (χ0n) is 16.2. The van der Waals surface area contributed by atoms with E-state index < -0.39 is 0 Å². The molecule has 27 heavy (non-hydrogen) atoms. The summed E-state index contributed by atoms with van der Waals surface area (Å²) in [5, 5.41) is 6.75. The number of nitrogens with zero attached hydrogens (tertiary/aromatic N) is 1. The molecule has 0 aromatic heterocycles. The molecule has 2 aromatic rings. The number of hydrogen-bond donors (Lipinski definition) is 1. The van der Waals surface area contributed by atoms with Gasteiger partial charge in [0.25, 0.3) is 5.91 Å². The number of oxime groups is 1. The fourth-order valence-corrected chi connectivity index (χ4v) is 2.67. The quantitative estimate of drug-likeness (QED) is 0.541. The highest BCUT2D eigenvalue weighted by Gasteiger charge is 2.11. The molecule has 0 aliphatic carbocycles. The summed E-state index contributed by atoms with van der Waals surface area (Å²) in [5.41, 5.74) is 2.99. The minimum atomic E-state index is -0.229. The van der Waals surface area contributed by atoms with Crippen LogP contribution in [0.25, 0.3) is 0 Å². The molecule has 0 fully saturated rings. The Hall–Kier alpha value is -3.02. The Morgan fingerprint density at radius 1 is 1.22 bits per heavy atom. The standard InChI is InChI=1S/C21H26N2O4/c1-5-26-19-11-10-17(12-20(19)25-4)13-22-27-14-21(24)23-16(3)18-9-7-6-8-15(18)2/h6-13,16H,5,14H2,1-4H3,(H,23,24)/b22-13+. The molecule has 144 valence electrons. The van der Waals surface area contributed by atoms with E-state index in [0.29, 0.717) is 18.1 Å². The smallest absolute Gasteiger partial charge is 0.261 e. The van der Waals surface area contributed by atoms with Gasteiger partial charge in [0, 0.05) is 5.56 Å². The molecule has 2 aromatic carbocycles. The molecule has 0 bridgehead atoms. The molecule has 1 unspecified atom stereocenters. The van der Waals surface area contributed by atoms with Crippen molar-refractivity contribution in [3.63, 3.8) is 0 Å². The fourth-order valence-electron chi connectivity index (χ4n) is 2.67. The van der Waals surface area contributed by atoms with Crippen LogP contribution in [0, 0.1) is 6.92 Å². The van der Waals surface area contributed by atoms with Gasteiger partial charge in [0.2, 0.25) is 0 Å². The first-order chi connectivity index (χ1) is 13.0. The number of carbonyl (C=O) groups excluding carboxylic acids is 1. The van der Waals surface area contributed by atoms with Crippen LogP contribution in [0.15, 0.2) is 47.6 Å². The lowest BCUT2D eigenvalue weighted by Gasteiger charge is -2.16. The summed E-state index contributed by atoms with van der Waals surface area (Å²) >= 11 is 0. The van der Waals surface area contributed by atoms with Crippen LogP contribution in [0.4, 0.5) is 0 Å². The van der Waals surface area contributed by atoms with Crippen LogP contribution in [-0.2, 0) is 9.63 Å². The van der Waals surface area contributed by atoms with Crippen molar-refractivity contribution < 1.29 is 19.1 Å². The summed E-state index contributed by atoms with van der Waals surface area (Å²) in [6.07, 6.45) is 1.52. The molecule has 1 amide bonds. The van der Waals surface area contributed by atoms with Crippen molar-refractivity contribution >= 4 is 12.1 Å².